The number of fused-ring (bicyclic) bond motifs is 3. The van der Waals surface area contributed by atoms with Gasteiger partial charge in [0.25, 0.3) is 0 Å². The van der Waals surface area contributed by atoms with E-state index in [9.17, 15) is 13.6 Å². The zero-order chi connectivity index (χ0) is 13.9. The van der Waals surface area contributed by atoms with Crippen molar-refractivity contribution in [1.29, 1.82) is 0 Å². The summed E-state index contributed by atoms with van der Waals surface area (Å²) in [5.74, 6) is -0.553. The van der Waals surface area contributed by atoms with Gasteiger partial charge in [-0.15, -0.1) is 0 Å². The molecule has 4 rings (SSSR count). The van der Waals surface area contributed by atoms with Crippen LogP contribution in [0.1, 0.15) is 38.1 Å². The molecule has 0 saturated heterocycles. The van der Waals surface area contributed by atoms with Gasteiger partial charge in [-0.25, -0.2) is 13.6 Å². The van der Waals surface area contributed by atoms with E-state index in [-0.39, 0.29) is 17.2 Å². The summed E-state index contributed by atoms with van der Waals surface area (Å²) in [6.07, 6.45) is 5.44. The number of aromatic nitrogens is 2. The van der Waals surface area contributed by atoms with E-state index in [0.717, 1.165) is 18.9 Å². The summed E-state index contributed by atoms with van der Waals surface area (Å²) >= 11 is 0. The Morgan fingerprint density at radius 1 is 1.10 bits per heavy atom. The van der Waals surface area contributed by atoms with E-state index in [1.54, 1.807) is 0 Å². The maximum Gasteiger partial charge on any atom is 0.326 e. The van der Waals surface area contributed by atoms with Gasteiger partial charge < -0.3 is 4.98 Å². The molecule has 2 saturated carbocycles. The normalized spacial score (nSPS) is 29.2. The zero-order valence-corrected chi connectivity index (χ0v) is 11.0. The molecular weight excluding hydrogens is 262 g/mol. The van der Waals surface area contributed by atoms with Gasteiger partial charge in [0, 0.05) is 6.04 Å². The lowest BCUT2D eigenvalue weighted by atomic mass is 9.85. The second-order valence-electron chi connectivity index (χ2n) is 6.23. The molecule has 2 aliphatic rings. The van der Waals surface area contributed by atoms with E-state index < -0.39 is 11.6 Å². The molecule has 0 radical (unpaired) electrons. The van der Waals surface area contributed by atoms with Gasteiger partial charge in [0.2, 0.25) is 0 Å². The fourth-order valence-electron chi connectivity index (χ4n) is 4.18. The van der Waals surface area contributed by atoms with Crippen molar-refractivity contribution in [3.8, 4) is 0 Å². The van der Waals surface area contributed by atoms with E-state index >= 15 is 0 Å². The van der Waals surface area contributed by atoms with Crippen LogP contribution in [0.4, 0.5) is 8.78 Å². The molecule has 2 fully saturated rings. The third kappa shape index (κ3) is 1.65. The van der Waals surface area contributed by atoms with Gasteiger partial charge in [0.05, 0.1) is 5.52 Å². The Labute approximate surface area is 114 Å². The summed E-state index contributed by atoms with van der Waals surface area (Å²) in [6.45, 7) is 0. The number of benzene rings is 1. The van der Waals surface area contributed by atoms with Crippen LogP contribution in [-0.2, 0) is 0 Å². The van der Waals surface area contributed by atoms with Crippen molar-refractivity contribution >= 4 is 11.0 Å². The Morgan fingerprint density at radius 2 is 1.80 bits per heavy atom. The van der Waals surface area contributed by atoms with E-state index in [1.165, 1.54) is 29.9 Å². The van der Waals surface area contributed by atoms with Gasteiger partial charge in [-0.1, -0.05) is 12.8 Å². The summed E-state index contributed by atoms with van der Waals surface area (Å²) in [5.41, 5.74) is 0.156. The molecule has 106 valence electrons. The van der Waals surface area contributed by atoms with Crippen LogP contribution < -0.4 is 5.69 Å². The largest absolute Gasteiger partial charge is 0.326 e. The number of halogens is 2. The van der Waals surface area contributed by atoms with Gasteiger partial charge in [-0.2, -0.15) is 0 Å². The maximum absolute atomic E-state index is 14.1. The number of rotatable bonds is 1. The predicted molar refractivity (Wildman–Crippen MR) is 71.6 cm³/mol. The third-order valence-corrected chi connectivity index (χ3v) is 5.00. The Hall–Kier alpha value is -1.65. The Bertz CT molecular complexity index is 721. The molecule has 1 heterocycles. The SMILES string of the molecule is O=c1[nH]c2ccc(F)c(F)c2n1C1CC2CCC(C2)C1. The summed E-state index contributed by atoms with van der Waals surface area (Å²) in [5, 5.41) is 0. The van der Waals surface area contributed by atoms with Crippen LogP contribution in [0, 0.1) is 23.5 Å². The molecule has 0 spiro atoms. The van der Waals surface area contributed by atoms with Crippen LogP contribution >= 0.6 is 0 Å². The van der Waals surface area contributed by atoms with E-state index in [1.807, 2.05) is 0 Å². The van der Waals surface area contributed by atoms with Gasteiger partial charge in [-0.05, 0) is 43.2 Å². The first-order valence-electron chi connectivity index (χ1n) is 7.21. The average molecular weight is 278 g/mol. The molecule has 20 heavy (non-hydrogen) atoms. The van der Waals surface area contributed by atoms with Crippen LogP contribution in [0.2, 0.25) is 0 Å². The molecule has 2 bridgehead atoms. The molecule has 1 aromatic carbocycles. The van der Waals surface area contributed by atoms with Crippen molar-refractivity contribution in [2.75, 3.05) is 0 Å². The first-order chi connectivity index (χ1) is 9.63. The monoisotopic (exact) mass is 278 g/mol. The molecule has 2 unspecified atom stereocenters. The lowest BCUT2D eigenvalue weighted by molar-refractivity contribution is 0.261. The number of hydrogen-bond donors (Lipinski definition) is 1. The molecule has 0 amide bonds. The Morgan fingerprint density at radius 3 is 2.50 bits per heavy atom. The smallest absolute Gasteiger partial charge is 0.305 e. The number of imidazole rings is 1. The van der Waals surface area contributed by atoms with Crippen molar-refractivity contribution in [2.24, 2.45) is 11.8 Å². The molecule has 1 N–H and O–H groups in total. The number of nitrogens with zero attached hydrogens (tertiary/aromatic N) is 1. The summed E-state index contributed by atoms with van der Waals surface area (Å²) in [7, 11) is 0. The standard InChI is InChI=1S/C15H16F2N2O/c16-11-3-4-12-14(13(11)17)19(15(20)18-12)10-6-8-1-2-9(5-8)7-10/h3-4,8-10H,1-2,5-7H2,(H,18,20). The second kappa shape index (κ2) is 4.17. The van der Waals surface area contributed by atoms with Gasteiger partial charge in [0.15, 0.2) is 11.6 Å². The summed E-state index contributed by atoms with van der Waals surface area (Å²) in [4.78, 5) is 14.8. The van der Waals surface area contributed by atoms with Crippen molar-refractivity contribution in [1.82, 2.24) is 9.55 Å². The van der Waals surface area contributed by atoms with Crippen molar-refractivity contribution in [3.05, 3.63) is 34.3 Å². The van der Waals surface area contributed by atoms with Crippen LogP contribution in [0.3, 0.4) is 0 Å². The van der Waals surface area contributed by atoms with Gasteiger partial charge in [-0.3, -0.25) is 4.57 Å². The second-order valence-corrected chi connectivity index (χ2v) is 6.23. The van der Waals surface area contributed by atoms with E-state index in [2.05, 4.69) is 4.98 Å². The fraction of sp³-hybridized carbons (Fsp3) is 0.533. The van der Waals surface area contributed by atoms with Crippen molar-refractivity contribution < 1.29 is 8.78 Å². The lowest BCUT2D eigenvalue weighted by Crippen LogP contribution is -2.27. The van der Waals surface area contributed by atoms with Crippen LogP contribution in [0.15, 0.2) is 16.9 Å². The van der Waals surface area contributed by atoms with Crippen molar-refractivity contribution in [3.63, 3.8) is 0 Å². The average Bonchev–Trinajstić information content (AvgIpc) is 2.94. The molecule has 3 nitrogen and oxygen atoms in total. The zero-order valence-electron chi connectivity index (χ0n) is 11.0. The molecular formula is C15H16F2N2O. The fourth-order valence-corrected chi connectivity index (χ4v) is 4.18. The first-order valence-corrected chi connectivity index (χ1v) is 7.21. The first kappa shape index (κ1) is 12.1. The van der Waals surface area contributed by atoms with E-state index in [0.29, 0.717) is 17.4 Å². The third-order valence-electron chi connectivity index (χ3n) is 5.00. The molecule has 0 aliphatic heterocycles. The van der Waals surface area contributed by atoms with Crippen LogP contribution in [-0.4, -0.2) is 9.55 Å². The summed E-state index contributed by atoms with van der Waals surface area (Å²) < 4.78 is 29.0. The van der Waals surface area contributed by atoms with Crippen LogP contribution in [0.5, 0.6) is 0 Å². The Kier molecular flexibility index (Phi) is 2.53. The molecule has 2 atom stereocenters. The lowest BCUT2D eigenvalue weighted by Gasteiger charge is -2.28. The Balaban J connectivity index is 1.89. The summed E-state index contributed by atoms with van der Waals surface area (Å²) in [6, 6.07) is 2.49. The number of H-pyrrole nitrogens is 1. The minimum Gasteiger partial charge on any atom is -0.305 e. The highest BCUT2D eigenvalue weighted by molar-refractivity contribution is 5.76. The number of aromatic amines is 1. The van der Waals surface area contributed by atoms with Crippen LogP contribution in [0.25, 0.3) is 11.0 Å². The van der Waals surface area contributed by atoms with Gasteiger partial charge in [0.1, 0.15) is 5.52 Å². The topological polar surface area (TPSA) is 37.8 Å². The van der Waals surface area contributed by atoms with Crippen molar-refractivity contribution in [2.45, 2.75) is 38.1 Å². The van der Waals surface area contributed by atoms with E-state index in [4.69, 9.17) is 0 Å². The van der Waals surface area contributed by atoms with Gasteiger partial charge >= 0.3 is 5.69 Å². The highest BCUT2D eigenvalue weighted by atomic mass is 19.2. The molecule has 5 heteroatoms. The maximum atomic E-state index is 14.1. The minimum atomic E-state index is -0.918. The quantitative estimate of drug-likeness (QED) is 0.853. The number of hydrogen-bond acceptors (Lipinski definition) is 1. The number of nitrogens with one attached hydrogen (secondary N) is 1. The highest BCUT2D eigenvalue weighted by Crippen LogP contribution is 2.46. The highest BCUT2D eigenvalue weighted by Gasteiger charge is 2.36. The molecule has 2 aliphatic carbocycles. The molecule has 1 aromatic heterocycles. The predicted octanol–water partition coefficient (Wildman–Crippen LogP) is 3.36. The molecule has 2 aromatic rings. The minimum absolute atomic E-state index is 0.00111.